The van der Waals surface area contributed by atoms with Gasteiger partial charge in [0.2, 0.25) is 11.8 Å². The molecule has 1 atom stereocenters. The summed E-state index contributed by atoms with van der Waals surface area (Å²) in [5, 5.41) is -0.241. The summed E-state index contributed by atoms with van der Waals surface area (Å²) in [6.45, 7) is 0. The molecule has 0 spiro atoms. The number of hydrogen-bond acceptors (Lipinski definition) is 6. The maximum Gasteiger partial charge on any atom is 0.220 e. The predicted molar refractivity (Wildman–Crippen MR) is 81.3 cm³/mol. The van der Waals surface area contributed by atoms with Crippen LogP contribution in [-0.2, 0) is 0 Å². The van der Waals surface area contributed by atoms with Crippen molar-refractivity contribution in [2.24, 2.45) is 0 Å². The lowest BCUT2D eigenvalue weighted by molar-refractivity contribution is 0.368. The Labute approximate surface area is 126 Å². The van der Waals surface area contributed by atoms with Gasteiger partial charge in [0.05, 0.1) is 25.5 Å². The molecule has 2 rings (SSSR count). The highest BCUT2D eigenvalue weighted by Gasteiger charge is 2.21. The number of rotatable bonds is 5. The van der Waals surface area contributed by atoms with Gasteiger partial charge < -0.3 is 15.2 Å². The van der Waals surface area contributed by atoms with E-state index in [4.69, 9.17) is 15.2 Å². The third-order valence-electron chi connectivity index (χ3n) is 2.92. The SMILES string of the molecule is COc1cc(OC)nc(C(SC)c2ccc(F)cc2N)n1. The van der Waals surface area contributed by atoms with E-state index >= 15 is 0 Å². The van der Waals surface area contributed by atoms with E-state index in [0.717, 1.165) is 5.56 Å². The number of nitrogen functional groups attached to an aromatic ring is 1. The second-order valence-electron chi connectivity index (χ2n) is 4.20. The molecule has 0 saturated heterocycles. The molecule has 0 aliphatic carbocycles. The molecule has 1 aromatic heterocycles. The van der Waals surface area contributed by atoms with Crippen LogP contribution in [0.25, 0.3) is 0 Å². The summed E-state index contributed by atoms with van der Waals surface area (Å²) >= 11 is 1.50. The van der Waals surface area contributed by atoms with Gasteiger partial charge in [-0.1, -0.05) is 6.07 Å². The van der Waals surface area contributed by atoms with Crippen LogP contribution in [0, 0.1) is 5.82 Å². The van der Waals surface area contributed by atoms with E-state index in [2.05, 4.69) is 9.97 Å². The summed E-state index contributed by atoms with van der Waals surface area (Å²) in [6.07, 6.45) is 1.91. The molecule has 0 fully saturated rings. The lowest BCUT2D eigenvalue weighted by atomic mass is 10.1. The van der Waals surface area contributed by atoms with Crippen LogP contribution in [-0.4, -0.2) is 30.4 Å². The van der Waals surface area contributed by atoms with Gasteiger partial charge in [0.25, 0.3) is 0 Å². The number of ether oxygens (including phenoxy) is 2. The minimum atomic E-state index is -0.375. The van der Waals surface area contributed by atoms with Crippen molar-refractivity contribution in [2.75, 3.05) is 26.2 Å². The van der Waals surface area contributed by atoms with Crippen LogP contribution >= 0.6 is 11.8 Å². The van der Waals surface area contributed by atoms with E-state index in [1.165, 1.54) is 38.1 Å². The fraction of sp³-hybridized carbons (Fsp3) is 0.286. The van der Waals surface area contributed by atoms with Crippen molar-refractivity contribution in [1.29, 1.82) is 0 Å². The lowest BCUT2D eigenvalue weighted by Gasteiger charge is -2.17. The van der Waals surface area contributed by atoms with Crippen LogP contribution < -0.4 is 15.2 Å². The first-order valence-electron chi connectivity index (χ1n) is 6.13. The van der Waals surface area contributed by atoms with Gasteiger partial charge in [-0.25, -0.2) is 4.39 Å². The number of aromatic nitrogens is 2. The number of halogens is 1. The Balaban J connectivity index is 2.50. The lowest BCUT2D eigenvalue weighted by Crippen LogP contribution is -2.08. The van der Waals surface area contributed by atoms with Crippen LogP contribution in [0.5, 0.6) is 11.8 Å². The number of benzene rings is 1. The summed E-state index contributed by atoms with van der Waals surface area (Å²) in [5.41, 5.74) is 7.02. The maximum atomic E-state index is 13.2. The monoisotopic (exact) mass is 309 g/mol. The molecule has 21 heavy (non-hydrogen) atoms. The van der Waals surface area contributed by atoms with Crippen LogP contribution in [0.2, 0.25) is 0 Å². The second-order valence-corrected chi connectivity index (χ2v) is 5.14. The van der Waals surface area contributed by atoms with Crippen LogP contribution in [0.1, 0.15) is 16.6 Å². The van der Waals surface area contributed by atoms with E-state index in [9.17, 15) is 4.39 Å². The molecular formula is C14H16FN3O2S. The summed E-state index contributed by atoms with van der Waals surface area (Å²) in [7, 11) is 3.04. The van der Waals surface area contributed by atoms with E-state index in [-0.39, 0.29) is 11.1 Å². The van der Waals surface area contributed by atoms with Gasteiger partial charge in [0.1, 0.15) is 5.82 Å². The van der Waals surface area contributed by atoms with Crippen molar-refractivity contribution in [3.8, 4) is 11.8 Å². The van der Waals surface area contributed by atoms with Gasteiger partial charge in [-0.3, -0.25) is 0 Å². The number of methoxy groups -OCH3 is 2. The van der Waals surface area contributed by atoms with E-state index in [0.29, 0.717) is 23.3 Å². The van der Waals surface area contributed by atoms with Gasteiger partial charge in [-0.05, 0) is 24.0 Å². The van der Waals surface area contributed by atoms with Crippen molar-refractivity contribution in [2.45, 2.75) is 5.25 Å². The Morgan fingerprint density at radius 3 is 2.24 bits per heavy atom. The zero-order chi connectivity index (χ0) is 15.4. The molecular weight excluding hydrogens is 293 g/mol. The van der Waals surface area contributed by atoms with Gasteiger partial charge in [0, 0.05) is 5.69 Å². The highest BCUT2D eigenvalue weighted by Crippen LogP contribution is 2.36. The molecule has 2 N–H and O–H groups in total. The molecule has 0 saturated carbocycles. The van der Waals surface area contributed by atoms with Crippen molar-refractivity contribution in [1.82, 2.24) is 9.97 Å². The molecule has 1 aromatic carbocycles. The number of nitrogens with two attached hydrogens (primary N) is 1. The van der Waals surface area contributed by atoms with Gasteiger partial charge in [0.15, 0.2) is 5.82 Å². The average molecular weight is 309 g/mol. The quantitative estimate of drug-likeness (QED) is 0.856. The molecule has 0 bridgehead atoms. The Morgan fingerprint density at radius 2 is 1.76 bits per heavy atom. The highest BCUT2D eigenvalue weighted by atomic mass is 32.2. The zero-order valence-electron chi connectivity index (χ0n) is 12.0. The molecule has 1 heterocycles. The summed E-state index contributed by atoms with van der Waals surface area (Å²) in [6, 6.07) is 5.89. The molecule has 112 valence electrons. The first-order chi connectivity index (χ1) is 10.1. The Morgan fingerprint density at radius 1 is 1.14 bits per heavy atom. The van der Waals surface area contributed by atoms with Gasteiger partial charge >= 0.3 is 0 Å². The normalized spacial score (nSPS) is 12.0. The first-order valence-corrected chi connectivity index (χ1v) is 7.42. The zero-order valence-corrected chi connectivity index (χ0v) is 12.8. The molecule has 7 heteroatoms. The van der Waals surface area contributed by atoms with E-state index < -0.39 is 0 Å². The van der Waals surface area contributed by atoms with Gasteiger partial charge in [-0.15, -0.1) is 11.8 Å². The third kappa shape index (κ3) is 3.36. The number of nitrogens with zero attached hydrogens (tertiary/aromatic N) is 2. The number of anilines is 1. The second kappa shape index (κ2) is 6.62. The first kappa shape index (κ1) is 15.4. The van der Waals surface area contributed by atoms with Crippen LogP contribution in [0.3, 0.4) is 0 Å². The highest BCUT2D eigenvalue weighted by molar-refractivity contribution is 7.99. The molecule has 2 aromatic rings. The smallest absolute Gasteiger partial charge is 0.220 e. The Hall–Kier alpha value is -2.02. The van der Waals surface area contributed by atoms with Crippen molar-refractivity contribution >= 4 is 17.4 Å². The average Bonchev–Trinajstić information content (AvgIpc) is 2.49. The predicted octanol–water partition coefficient (Wildman–Crippen LogP) is 2.67. The third-order valence-corrected chi connectivity index (χ3v) is 3.85. The van der Waals surface area contributed by atoms with E-state index in [1.54, 1.807) is 12.1 Å². The molecule has 0 radical (unpaired) electrons. The minimum absolute atomic E-state index is 0.241. The Bertz CT molecular complexity index is 617. The largest absolute Gasteiger partial charge is 0.481 e. The minimum Gasteiger partial charge on any atom is -0.481 e. The summed E-state index contributed by atoms with van der Waals surface area (Å²) < 4.78 is 23.5. The molecule has 5 nitrogen and oxygen atoms in total. The molecule has 0 aliphatic rings. The maximum absolute atomic E-state index is 13.2. The number of thioether (sulfide) groups is 1. The number of hydrogen-bond donors (Lipinski definition) is 1. The van der Waals surface area contributed by atoms with Crippen molar-refractivity contribution < 1.29 is 13.9 Å². The summed E-state index contributed by atoms with van der Waals surface area (Å²) in [5.74, 6) is 0.922. The van der Waals surface area contributed by atoms with Crippen molar-refractivity contribution in [3.63, 3.8) is 0 Å². The molecule has 0 aliphatic heterocycles. The topological polar surface area (TPSA) is 70.3 Å². The molecule has 1 unspecified atom stereocenters. The van der Waals surface area contributed by atoms with Gasteiger partial charge in [-0.2, -0.15) is 9.97 Å². The van der Waals surface area contributed by atoms with E-state index in [1.807, 2.05) is 6.26 Å². The van der Waals surface area contributed by atoms with Crippen LogP contribution in [0.4, 0.5) is 10.1 Å². The fourth-order valence-electron chi connectivity index (χ4n) is 1.90. The molecule has 0 amide bonds. The standard InChI is InChI=1S/C14H16FN3O2S/c1-19-11-7-12(20-2)18-14(17-11)13(21-3)9-5-4-8(15)6-10(9)16/h4-7,13H,16H2,1-3H3. The fourth-order valence-corrected chi connectivity index (χ4v) is 2.69. The summed E-state index contributed by atoms with van der Waals surface area (Å²) in [4.78, 5) is 8.65. The van der Waals surface area contributed by atoms with Crippen LogP contribution in [0.15, 0.2) is 24.3 Å². The van der Waals surface area contributed by atoms with Crippen molar-refractivity contribution in [3.05, 3.63) is 41.5 Å². The Kier molecular flexibility index (Phi) is 4.85.